The molecule has 1 N–H and O–H groups in total. The van der Waals surface area contributed by atoms with Crippen LogP contribution in [-0.2, 0) is 11.3 Å². The van der Waals surface area contributed by atoms with E-state index in [1.165, 1.54) is 18.4 Å². The first-order valence-electron chi connectivity index (χ1n) is 9.20. The van der Waals surface area contributed by atoms with Crippen molar-refractivity contribution < 1.29 is 4.79 Å². The average Bonchev–Trinajstić information content (AvgIpc) is 3.17. The second kappa shape index (κ2) is 7.35. The molecule has 2 fully saturated rings. The topological polar surface area (TPSA) is 63.1 Å². The number of carbonyl (C=O) groups excluding carboxylic acids is 1. The number of benzene rings is 1. The molecule has 2 unspecified atom stereocenters. The first-order valence-corrected chi connectivity index (χ1v) is 9.20. The van der Waals surface area contributed by atoms with Gasteiger partial charge in [-0.2, -0.15) is 5.10 Å². The van der Waals surface area contributed by atoms with Gasteiger partial charge in [0.1, 0.15) is 12.7 Å². The highest BCUT2D eigenvalue weighted by atomic mass is 16.2. The number of carbonyl (C=O) groups is 1. The van der Waals surface area contributed by atoms with Crippen molar-refractivity contribution in [2.24, 2.45) is 5.92 Å². The van der Waals surface area contributed by atoms with Crippen LogP contribution >= 0.6 is 0 Å². The summed E-state index contributed by atoms with van der Waals surface area (Å²) in [4.78, 5) is 19.0. The van der Waals surface area contributed by atoms with Crippen LogP contribution in [0, 0.1) is 5.92 Å². The summed E-state index contributed by atoms with van der Waals surface area (Å²) in [7, 11) is 0. The molecule has 1 aromatic heterocycles. The quantitative estimate of drug-likeness (QED) is 0.838. The molecule has 2 atom stereocenters. The smallest absolute Gasteiger partial charge is 0.234 e. The van der Waals surface area contributed by atoms with Crippen LogP contribution in [0.4, 0.5) is 0 Å². The molecule has 0 bridgehead atoms. The lowest BCUT2D eigenvalue weighted by Crippen LogP contribution is -2.42. The van der Waals surface area contributed by atoms with Crippen LogP contribution in [0.3, 0.4) is 0 Å². The zero-order chi connectivity index (χ0) is 17.1. The molecule has 132 valence electrons. The first kappa shape index (κ1) is 16.3. The molecule has 6 heteroatoms. The van der Waals surface area contributed by atoms with Crippen LogP contribution in [-0.4, -0.2) is 44.7 Å². The van der Waals surface area contributed by atoms with E-state index < -0.39 is 0 Å². The summed E-state index contributed by atoms with van der Waals surface area (Å²) in [6.07, 6.45) is 7.97. The fourth-order valence-electron chi connectivity index (χ4n) is 3.82. The highest BCUT2D eigenvalue weighted by molar-refractivity contribution is 5.78. The Morgan fingerprint density at radius 3 is 2.80 bits per heavy atom. The summed E-state index contributed by atoms with van der Waals surface area (Å²) in [6, 6.07) is 10.9. The van der Waals surface area contributed by atoms with Crippen LogP contribution in [0.1, 0.15) is 37.3 Å². The minimum atomic E-state index is 0.131. The Kier molecular flexibility index (Phi) is 4.78. The van der Waals surface area contributed by atoms with E-state index in [4.69, 9.17) is 0 Å². The van der Waals surface area contributed by atoms with Crippen molar-refractivity contribution in [3.05, 3.63) is 48.5 Å². The van der Waals surface area contributed by atoms with Gasteiger partial charge in [0.2, 0.25) is 5.91 Å². The summed E-state index contributed by atoms with van der Waals surface area (Å²) in [6.45, 7) is 2.25. The Morgan fingerprint density at radius 1 is 1.24 bits per heavy atom. The lowest BCUT2D eigenvalue weighted by molar-refractivity contribution is -0.123. The van der Waals surface area contributed by atoms with E-state index in [1.54, 1.807) is 12.7 Å². The van der Waals surface area contributed by atoms with Crippen LogP contribution in [0.2, 0.25) is 0 Å². The predicted octanol–water partition coefficient (Wildman–Crippen LogP) is 2.01. The minimum absolute atomic E-state index is 0.131. The molecule has 6 nitrogen and oxygen atoms in total. The standard InChI is InChI=1S/C19H25N5O/c25-18(22-19(16-8-9-16)15-5-2-1-3-6-15)12-23-10-4-7-17(23)11-24-14-20-13-21-24/h1-3,5-6,13-14,16-17,19H,4,7-12H2,(H,22,25). The van der Waals surface area contributed by atoms with E-state index in [-0.39, 0.29) is 11.9 Å². The Hall–Kier alpha value is -2.21. The Labute approximate surface area is 148 Å². The van der Waals surface area contributed by atoms with E-state index in [9.17, 15) is 4.79 Å². The van der Waals surface area contributed by atoms with Gasteiger partial charge in [-0.25, -0.2) is 4.98 Å². The molecule has 25 heavy (non-hydrogen) atoms. The highest BCUT2D eigenvalue weighted by Gasteiger charge is 2.34. The number of amides is 1. The van der Waals surface area contributed by atoms with Gasteiger partial charge in [0, 0.05) is 6.04 Å². The maximum absolute atomic E-state index is 12.7. The largest absolute Gasteiger partial charge is 0.348 e. The van der Waals surface area contributed by atoms with Crippen molar-refractivity contribution in [3.63, 3.8) is 0 Å². The summed E-state index contributed by atoms with van der Waals surface area (Å²) < 4.78 is 1.86. The Morgan fingerprint density at radius 2 is 2.08 bits per heavy atom. The second-order valence-electron chi connectivity index (χ2n) is 7.18. The third kappa shape index (κ3) is 4.07. The van der Waals surface area contributed by atoms with Crippen molar-refractivity contribution in [3.8, 4) is 0 Å². The maximum Gasteiger partial charge on any atom is 0.234 e. The van der Waals surface area contributed by atoms with Crippen LogP contribution in [0.25, 0.3) is 0 Å². The molecule has 4 rings (SSSR count). The summed E-state index contributed by atoms with van der Waals surface area (Å²) in [5, 5.41) is 7.48. The number of nitrogens with zero attached hydrogens (tertiary/aromatic N) is 4. The molecule has 2 aliphatic rings. The zero-order valence-corrected chi connectivity index (χ0v) is 14.4. The molecule has 0 spiro atoms. The molecule has 1 saturated heterocycles. The fraction of sp³-hybridized carbons (Fsp3) is 0.526. The highest BCUT2D eigenvalue weighted by Crippen LogP contribution is 2.40. The van der Waals surface area contributed by atoms with E-state index in [2.05, 4.69) is 32.4 Å². The number of likely N-dealkylation sites (tertiary alicyclic amines) is 1. The molecule has 1 aliphatic heterocycles. The SMILES string of the molecule is O=C(CN1CCCC1Cn1cncn1)NC(c1ccccc1)C1CC1. The van der Waals surface area contributed by atoms with Crippen molar-refractivity contribution in [1.82, 2.24) is 25.0 Å². The van der Waals surface area contributed by atoms with Gasteiger partial charge >= 0.3 is 0 Å². The molecule has 2 aromatic rings. The van der Waals surface area contributed by atoms with Gasteiger partial charge in [-0.15, -0.1) is 0 Å². The van der Waals surface area contributed by atoms with Crippen molar-refractivity contribution in [2.45, 2.75) is 44.3 Å². The lowest BCUT2D eigenvalue weighted by atomic mass is 10.0. The average molecular weight is 339 g/mol. The Balaban J connectivity index is 1.36. The van der Waals surface area contributed by atoms with Gasteiger partial charge in [0.25, 0.3) is 0 Å². The molecule has 1 saturated carbocycles. The van der Waals surface area contributed by atoms with E-state index in [0.717, 1.165) is 25.9 Å². The van der Waals surface area contributed by atoms with E-state index in [1.807, 2.05) is 22.9 Å². The van der Waals surface area contributed by atoms with Gasteiger partial charge in [-0.05, 0) is 43.7 Å². The van der Waals surface area contributed by atoms with Crippen molar-refractivity contribution in [1.29, 1.82) is 0 Å². The molecule has 1 amide bonds. The van der Waals surface area contributed by atoms with Crippen molar-refractivity contribution in [2.75, 3.05) is 13.1 Å². The molecule has 2 heterocycles. The normalized spacial score (nSPS) is 22.0. The van der Waals surface area contributed by atoms with E-state index in [0.29, 0.717) is 18.5 Å². The number of hydrogen-bond acceptors (Lipinski definition) is 4. The number of aromatic nitrogens is 3. The lowest BCUT2D eigenvalue weighted by Gasteiger charge is -2.25. The number of rotatable bonds is 7. The van der Waals surface area contributed by atoms with Gasteiger partial charge in [0.05, 0.1) is 19.1 Å². The van der Waals surface area contributed by atoms with Gasteiger partial charge < -0.3 is 5.32 Å². The van der Waals surface area contributed by atoms with Gasteiger partial charge in [-0.1, -0.05) is 30.3 Å². The zero-order valence-electron chi connectivity index (χ0n) is 14.4. The third-order valence-corrected chi connectivity index (χ3v) is 5.28. The molecular formula is C19H25N5O. The second-order valence-corrected chi connectivity index (χ2v) is 7.18. The predicted molar refractivity (Wildman–Crippen MR) is 94.7 cm³/mol. The third-order valence-electron chi connectivity index (χ3n) is 5.28. The maximum atomic E-state index is 12.7. The number of hydrogen-bond donors (Lipinski definition) is 1. The molecule has 1 aliphatic carbocycles. The fourth-order valence-corrected chi connectivity index (χ4v) is 3.82. The van der Waals surface area contributed by atoms with Crippen LogP contribution in [0.5, 0.6) is 0 Å². The molecular weight excluding hydrogens is 314 g/mol. The Bertz CT molecular complexity index is 683. The summed E-state index contributed by atoms with van der Waals surface area (Å²) in [5.41, 5.74) is 1.22. The molecule has 1 aromatic carbocycles. The van der Waals surface area contributed by atoms with Crippen LogP contribution < -0.4 is 5.32 Å². The number of nitrogens with one attached hydrogen (secondary N) is 1. The van der Waals surface area contributed by atoms with Gasteiger partial charge in [0.15, 0.2) is 0 Å². The van der Waals surface area contributed by atoms with E-state index >= 15 is 0 Å². The summed E-state index contributed by atoms with van der Waals surface area (Å²) >= 11 is 0. The minimum Gasteiger partial charge on any atom is -0.348 e. The van der Waals surface area contributed by atoms with Crippen molar-refractivity contribution >= 4 is 5.91 Å². The van der Waals surface area contributed by atoms with Gasteiger partial charge in [-0.3, -0.25) is 14.4 Å². The molecule has 0 radical (unpaired) electrons. The summed E-state index contributed by atoms with van der Waals surface area (Å²) in [5.74, 6) is 0.724. The monoisotopic (exact) mass is 339 g/mol. The first-order chi connectivity index (χ1) is 12.3. The van der Waals surface area contributed by atoms with Crippen LogP contribution in [0.15, 0.2) is 43.0 Å².